The van der Waals surface area contributed by atoms with Crippen LogP contribution < -0.4 is 15.4 Å². The second-order valence-electron chi connectivity index (χ2n) is 6.38. The molecule has 3 rings (SSSR count). The largest absolute Gasteiger partial charge is 0.497 e. The molecule has 1 unspecified atom stereocenters. The van der Waals surface area contributed by atoms with Crippen molar-refractivity contribution in [1.82, 2.24) is 10.3 Å². The van der Waals surface area contributed by atoms with Crippen molar-refractivity contribution in [2.24, 2.45) is 0 Å². The molecule has 0 bridgehead atoms. The first-order valence-electron chi connectivity index (χ1n) is 8.91. The van der Waals surface area contributed by atoms with Crippen LogP contribution in [-0.2, 0) is 4.79 Å². The lowest BCUT2D eigenvalue weighted by Gasteiger charge is -2.18. The summed E-state index contributed by atoms with van der Waals surface area (Å²) in [5, 5.41) is 17.4. The molecule has 1 heterocycles. The lowest BCUT2D eigenvalue weighted by Crippen LogP contribution is -2.30. The van der Waals surface area contributed by atoms with E-state index in [0.717, 1.165) is 16.8 Å². The van der Waals surface area contributed by atoms with Gasteiger partial charge in [-0.3, -0.25) is 9.59 Å². The first-order chi connectivity index (χ1) is 14.0. The van der Waals surface area contributed by atoms with Crippen LogP contribution in [0.2, 0.25) is 0 Å². The van der Waals surface area contributed by atoms with E-state index >= 15 is 0 Å². The second-order valence-corrected chi connectivity index (χ2v) is 7.23. The van der Waals surface area contributed by atoms with Crippen LogP contribution in [-0.4, -0.2) is 29.1 Å². The van der Waals surface area contributed by atoms with E-state index in [9.17, 15) is 14.7 Å². The molecule has 0 aliphatic heterocycles. The average molecular weight is 411 g/mol. The summed E-state index contributed by atoms with van der Waals surface area (Å²) in [6, 6.07) is 14.1. The zero-order valence-electron chi connectivity index (χ0n) is 16.0. The first-order valence-corrected chi connectivity index (χ1v) is 9.79. The van der Waals surface area contributed by atoms with Gasteiger partial charge in [0, 0.05) is 17.1 Å². The molecule has 0 aliphatic carbocycles. The number of carbonyl (C=O) groups is 2. The van der Waals surface area contributed by atoms with Crippen molar-refractivity contribution in [3.63, 3.8) is 0 Å². The molecular weight excluding hydrogens is 390 g/mol. The SMILES string of the molecule is COc1cccc(Nc2nc(C(=O)NC(CC(=O)O)c3ccccc3C)cs2)c1. The normalized spacial score (nSPS) is 11.5. The smallest absolute Gasteiger partial charge is 0.305 e. The van der Waals surface area contributed by atoms with Crippen molar-refractivity contribution < 1.29 is 19.4 Å². The molecule has 0 radical (unpaired) electrons. The van der Waals surface area contributed by atoms with Gasteiger partial charge >= 0.3 is 5.97 Å². The number of benzene rings is 2. The summed E-state index contributed by atoms with van der Waals surface area (Å²) in [5.74, 6) is -0.703. The van der Waals surface area contributed by atoms with Gasteiger partial charge < -0.3 is 20.5 Å². The molecule has 0 aliphatic rings. The van der Waals surface area contributed by atoms with Gasteiger partial charge in [-0.1, -0.05) is 30.3 Å². The third-order valence-electron chi connectivity index (χ3n) is 4.31. The Hall–Kier alpha value is -3.39. The van der Waals surface area contributed by atoms with Crippen LogP contribution in [0.1, 0.15) is 34.1 Å². The van der Waals surface area contributed by atoms with Crippen LogP contribution in [0, 0.1) is 6.92 Å². The zero-order valence-corrected chi connectivity index (χ0v) is 16.8. The molecule has 2 aromatic carbocycles. The minimum absolute atomic E-state index is 0.213. The number of amides is 1. The number of anilines is 2. The lowest BCUT2D eigenvalue weighted by molar-refractivity contribution is -0.137. The number of carboxylic acid groups (broad SMARTS) is 1. The number of carbonyl (C=O) groups excluding carboxylic acids is 1. The molecule has 1 amide bonds. The van der Waals surface area contributed by atoms with Crippen LogP contribution in [0.25, 0.3) is 0 Å². The highest BCUT2D eigenvalue weighted by molar-refractivity contribution is 7.14. The Morgan fingerprint density at radius 1 is 1.21 bits per heavy atom. The standard InChI is InChI=1S/C21H21N3O4S/c1-13-6-3-4-9-16(13)17(11-19(25)26)23-20(27)18-12-29-21(24-18)22-14-7-5-8-15(10-14)28-2/h3-10,12,17H,11H2,1-2H3,(H,22,24)(H,23,27)(H,25,26). The summed E-state index contributed by atoms with van der Waals surface area (Å²) in [4.78, 5) is 28.3. The van der Waals surface area contributed by atoms with Gasteiger partial charge in [0.1, 0.15) is 11.4 Å². The average Bonchev–Trinajstić information content (AvgIpc) is 3.16. The number of aryl methyl sites for hydroxylation is 1. The number of hydrogen-bond acceptors (Lipinski definition) is 6. The summed E-state index contributed by atoms with van der Waals surface area (Å²) in [6.07, 6.45) is -0.213. The molecule has 0 saturated carbocycles. The number of nitrogens with zero attached hydrogens (tertiary/aromatic N) is 1. The predicted molar refractivity (Wildman–Crippen MR) is 112 cm³/mol. The van der Waals surface area contributed by atoms with Gasteiger partial charge in [0.15, 0.2) is 5.13 Å². The number of rotatable bonds is 8. The van der Waals surface area contributed by atoms with Crippen molar-refractivity contribution in [3.05, 3.63) is 70.7 Å². The topological polar surface area (TPSA) is 101 Å². The highest BCUT2D eigenvalue weighted by Crippen LogP contribution is 2.25. The molecule has 3 aromatic rings. The fourth-order valence-corrected chi connectivity index (χ4v) is 3.59. The molecule has 150 valence electrons. The van der Waals surface area contributed by atoms with Crippen molar-refractivity contribution in [2.75, 3.05) is 12.4 Å². The number of methoxy groups -OCH3 is 1. The van der Waals surface area contributed by atoms with Gasteiger partial charge in [-0.2, -0.15) is 0 Å². The number of thiazole rings is 1. The van der Waals surface area contributed by atoms with Gasteiger partial charge in [-0.25, -0.2) is 4.98 Å². The third-order valence-corrected chi connectivity index (χ3v) is 5.06. The summed E-state index contributed by atoms with van der Waals surface area (Å²) >= 11 is 1.29. The highest BCUT2D eigenvalue weighted by atomic mass is 32.1. The van der Waals surface area contributed by atoms with E-state index in [-0.39, 0.29) is 12.1 Å². The molecule has 1 atom stereocenters. The molecule has 8 heteroatoms. The zero-order chi connectivity index (χ0) is 20.8. The summed E-state index contributed by atoms with van der Waals surface area (Å²) in [5.41, 5.74) is 2.70. The third kappa shape index (κ3) is 5.32. The van der Waals surface area contributed by atoms with E-state index < -0.39 is 17.9 Å². The van der Waals surface area contributed by atoms with E-state index in [0.29, 0.717) is 10.9 Å². The Kier molecular flexibility index (Phi) is 6.46. The molecule has 0 fully saturated rings. The van der Waals surface area contributed by atoms with E-state index in [1.54, 1.807) is 12.5 Å². The Morgan fingerprint density at radius 2 is 2.00 bits per heavy atom. The van der Waals surface area contributed by atoms with Crippen molar-refractivity contribution in [3.8, 4) is 5.75 Å². The minimum Gasteiger partial charge on any atom is -0.497 e. The van der Waals surface area contributed by atoms with E-state index in [1.165, 1.54) is 11.3 Å². The highest BCUT2D eigenvalue weighted by Gasteiger charge is 2.21. The van der Waals surface area contributed by atoms with E-state index in [2.05, 4.69) is 15.6 Å². The van der Waals surface area contributed by atoms with E-state index in [1.807, 2.05) is 55.5 Å². The molecule has 0 saturated heterocycles. The molecule has 7 nitrogen and oxygen atoms in total. The number of aromatic nitrogens is 1. The first kappa shape index (κ1) is 20.3. The number of ether oxygens (including phenoxy) is 1. The summed E-state index contributed by atoms with van der Waals surface area (Å²) in [7, 11) is 1.59. The maximum Gasteiger partial charge on any atom is 0.305 e. The van der Waals surface area contributed by atoms with Crippen LogP contribution in [0.15, 0.2) is 53.9 Å². The summed E-state index contributed by atoms with van der Waals surface area (Å²) in [6.45, 7) is 1.88. The fraction of sp³-hybridized carbons (Fsp3) is 0.190. The van der Waals surface area contributed by atoms with Gasteiger partial charge in [-0.05, 0) is 30.2 Å². The lowest BCUT2D eigenvalue weighted by atomic mass is 9.98. The van der Waals surface area contributed by atoms with E-state index in [4.69, 9.17) is 4.74 Å². The molecule has 3 N–H and O–H groups in total. The summed E-state index contributed by atoms with van der Waals surface area (Å²) < 4.78 is 5.19. The van der Waals surface area contributed by atoms with Gasteiger partial charge in [0.05, 0.1) is 19.6 Å². The van der Waals surface area contributed by atoms with Crippen LogP contribution in [0.5, 0.6) is 5.75 Å². The van der Waals surface area contributed by atoms with Crippen LogP contribution >= 0.6 is 11.3 Å². The van der Waals surface area contributed by atoms with Crippen LogP contribution in [0.3, 0.4) is 0 Å². The molecule has 29 heavy (non-hydrogen) atoms. The Bertz CT molecular complexity index is 1020. The molecule has 0 spiro atoms. The quantitative estimate of drug-likeness (QED) is 0.515. The fourth-order valence-electron chi connectivity index (χ4n) is 2.88. The second kappa shape index (κ2) is 9.20. The number of hydrogen-bond donors (Lipinski definition) is 3. The Balaban J connectivity index is 1.74. The van der Waals surface area contributed by atoms with Crippen LogP contribution in [0.4, 0.5) is 10.8 Å². The van der Waals surface area contributed by atoms with Gasteiger partial charge in [0.25, 0.3) is 5.91 Å². The number of aliphatic carboxylic acids is 1. The monoisotopic (exact) mass is 411 g/mol. The maximum absolute atomic E-state index is 12.7. The van der Waals surface area contributed by atoms with Crippen molar-refractivity contribution >= 4 is 34.0 Å². The molecule has 1 aromatic heterocycles. The predicted octanol–water partition coefficient (Wildman–Crippen LogP) is 4.15. The maximum atomic E-state index is 12.7. The number of carboxylic acids is 1. The Morgan fingerprint density at radius 3 is 2.72 bits per heavy atom. The Labute approximate surface area is 172 Å². The van der Waals surface area contributed by atoms with Gasteiger partial charge in [-0.15, -0.1) is 11.3 Å². The van der Waals surface area contributed by atoms with Crippen molar-refractivity contribution in [2.45, 2.75) is 19.4 Å². The van der Waals surface area contributed by atoms with Crippen molar-refractivity contribution in [1.29, 1.82) is 0 Å². The molecular formula is C21H21N3O4S. The number of nitrogens with one attached hydrogen (secondary N) is 2. The van der Waals surface area contributed by atoms with Gasteiger partial charge in [0.2, 0.25) is 0 Å². The minimum atomic E-state index is -0.989.